The number of sulfone groups is 1. The lowest BCUT2D eigenvalue weighted by Crippen LogP contribution is -2.16. The molecule has 21 heavy (non-hydrogen) atoms. The molecule has 0 unspecified atom stereocenters. The summed E-state index contributed by atoms with van der Waals surface area (Å²) >= 11 is 0. The van der Waals surface area contributed by atoms with Crippen LogP contribution < -0.4 is 0 Å². The Balaban J connectivity index is 2.68. The van der Waals surface area contributed by atoms with Gasteiger partial charge >= 0.3 is 5.97 Å². The number of pyridine rings is 1. The first-order valence-electron chi connectivity index (χ1n) is 6.39. The Hall–Kier alpha value is -2.22. The van der Waals surface area contributed by atoms with Crippen LogP contribution in [0.25, 0.3) is 5.69 Å². The monoisotopic (exact) mass is 309 g/mol. The maximum absolute atomic E-state index is 12.1. The summed E-state index contributed by atoms with van der Waals surface area (Å²) in [4.78, 5) is 19.8. The van der Waals surface area contributed by atoms with E-state index in [4.69, 9.17) is 4.74 Å². The van der Waals surface area contributed by atoms with Crippen LogP contribution in [-0.4, -0.2) is 41.3 Å². The highest BCUT2D eigenvalue weighted by atomic mass is 32.2. The molecule has 0 radical (unpaired) electrons. The second-order valence-corrected chi connectivity index (χ2v) is 6.27. The van der Waals surface area contributed by atoms with Gasteiger partial charge in [-0.25, -0.2) is 18.2 Å². The molecule has 0 saturated heterocycles. The van der Waals surface area contributed by atoms with Crippen molar-refractivity contribution in [2.45, 2.75) is 19.0 Å². The number of carbonyl (C=O) groups excluding carboxylic acids is 1. The van der Waals surface area contributed by atoms with Crippen LogP contribution in [0.15, 0.2) is 35.9 Å². The van der Waals surface area contributed by atoms with Crippen molar-refractivity contribution in [1.82, 2.24) is 14.5 Å². The van der Waals surface area contributed by atoms with Crippen molar-refractivity contribution in [1.29, 1.82) is 0 Å². The summed E-state index contributed by atoms with van der Waals surface area (Å²) in [7, 11) is -3.59. The van der Waals surface area contributed by atoms with Gasteiger partial charge in [0.25, 0.3) is 0 Å². The minimum absolute atomic E-state index is 0.0527. The Kier molecular flexibility index (Phi) is 4.37. The standard InChI is InChI=1S/C13H15N3O4S/c1-3-20-12(17)11-9-15-13(21(18,19)4-2)16(11)10-6-5-7-14-8-10/h5-9H,3-4H2,1-2H3. The summed E-state index contributed by atoms with van der Waals surface area (Å²) in [5.74, 6) is -0.751. The van der Waals surface area contributed by atoms with Crippen molar-refractivity contribution in [3.05, 3.63) is 36.4 Å². The third-order valence-corrected chi connectivity index (χ3v) is 4.38. The lowest BCUT2D eigenvalue weighted by Gasteiger charge is -2.10. The summed E-state index contributed by atoms with van der Waals surface area (Å²) in [6.45, 7) is 3.38. The highest BCUT2D eigenvalue weighted by Gasteiger charge is 2.26. The number of imidazole rings is 1. The lowest BCUT2D eigenvalue weighted by molar-refractivity contribution is 0.0516. The number of ether oxygens (including phenoxy) is 1. The van der Waals surface area contributed by atoms with Crippen molar-refractivity contribution >= 4 is 15.8 Å². The molecule has 2 heterocycles. The van der Waals surface area contributed by atoms with E-state index < -0.39 is 15.8 Å². The number of rotatable bonds is 5. The number of aromatic nitrogens is 3. The maximum atomic E-state index is 12.1. The van der Waals surface area contributed by atoms with E-state index in [1.807, 2.05) is 0 Å². The van der Waals surface area contributed by atoms with Crippen molar-refractivity contribution in [3.63, 3.8) is 0 Å². The van der Waals surface area contributed by atoms with Gasteiger partial charge in [-0.15, -0.1) is 0 Å². The van der Waals surface area contributed by atoms with Gasteiger partial charge < -0.3 is 4.74 Å². The van der Waals surface area contributed by atoms with Crippen LogP contribution in [0.5, 0.6) is 0 Å². The van der Waals surface area contributed by atoms with E-state index in [1.54, 1.807) is 25.3 Å². The van der Waals surface area contributed by atoms with E-state index in [1.165, 1.54) is 23.9 Å². The molecule has 0 aliphatic heterocycles. The van der Waals surface area contributed by atoms with E-state index in [-0.39, 0.29) is 23.2 Å². The SMILES string of the molecule is CCOC(=O)c1cnc(S(=O)(=O)CC)n1-c1cccnc1. The van der Waals surface area contributed by atoms with Gasteiger partial charge in [0.2, 0.25) is 15.0 Å². The molecule has 0 N–H and O–H groups in total. The van der Waals surface area contributed by atoms with Crippen molar-refractivity contribution in [2.24, 2.45) is 0 Å². The van der Waals surface area contributed by atoms with Crippen LogP contribution in [0, 0.1) is 0 Å². The van der Waals surface area contributed by atoms with Crippen molar-refractivity contribution in [2.75, 3.05) is 12.4 Å². The number of carbonyl (C=O) groups is 1. The van der Waals surface area contributed by atoms with Crippen LogP contribution in [0.3, 0.4) is 0 Å². The quantitative estimate of drug-likeness (QED) is 0.772. The average molecular weight is 309 g/mol. The Morgan fingerprint density at radius 3 is 2.67 bits per heavy atom. The van der Waals surface area contributed by atoms with Gasteiger partial charge in [-0.05, 0) is 19.1 Å². The topological polar surface area (TPSA) is 91.1 Å². The molecule has 0 bridgehead atoms. The van der Waals surface area contributed by atoms with E-state index in [0.29, 0.717) is 5.69 Å². The van der Waals surface area contributed by atoms with Crippen LogP contribution in [-0.2, 0) is 14.6 Å². The van der Waals surface area contributed by atoms with Gasteiger partial charge in [-0.1, -0.05) is 6.92 Å². The molecule has 0 aromatic carbocycles. The Morgan fingerprint density at radius 2 is 2.10 bits per heavy atom. The Morgan fingerprint density at radius 1 is 1.33 bits per heavy atom. The van der Waals surface area contributed by atoms with Gasteiger partial charge in [0.1, 0.15) is 0 Å². The molecule has 0 fully saturated rings. The minimum Gasteiger partial charge on any atom is -0.461 e. The summed E-state index contributed by atoms with van der Waals surface area (Å²) < 4.78 is 30.5. The molecule has 2 rings (SSSR count). The number of hydrogen-bond donors (Lipinski definition) is 0. The molecular formula is C13H15N3O4S. The summed E-state index contributed by atoms with van der Waals surface area (Å²) in [5.41, 5.74) is 0.488. The molecule has 112 valence electrons. The zero-order valence-electron chi connectivity index (χ0n) is 11.7. The molecule has 2 aromatic heterocycles. The number of hydrogen-bond acceptors (Lipinski definition) is 6. The van der Waals surface area contributed by atoms with Gasteiger partial charge in [0.15, 0.2) is 5.69 Å². The van der Waals surface area contributed by atoms with Crippen molar-refractivity contribution in [3.8, 4) is 5.69 Å². The third kappa shape index (κ3) is 2.94. The fraction of sp³-hybridized carbons (Fsp3) is 0.308. The second-order valence-electron chi connectivity index (χ2n) is 4.10. The lowest BCUT2D eigenvalue weighted by atomic mass is 10.4. The van der Waals surface area contributed by atoms with Gasteiger partial charge in [-0.3, -0.25) is 9.55 Å². The summed E-state index contributed by atoms with van der Waals surface area (Å²) in [6.07, 6.45) is 4.21. The first-order valence-corrected chi connectivity index (χ1v) is 8.04. The smallest absolute Gasteiger partial charge is 0.357 e. The van der Waals surface area contributed by atoms with Crippen LogP contribution >= 0.6 is 0 Å². The van der Waals surface area contributed by atoms with Crippen LogP contribution in [0.2, 0.25) is 0 Å². The Labute approximate surface area is 122 Å². The normalized spacial score (nSPS) is 11.3. The predicted molar refractivity (Wildman–Crippen MR) is 75.0 cm³/mol. The highest BCUT2D eigenvalue weighted by Crippen LogP contribution is 2.19. The van der Waals surface area contributed by atoms with E-state index >= 15 is 0 Å². The highest BCUT2D eigenvalue weighted by molar-refractivity contribution is 7.91. The largest absolute Gasteiger partial charge is 0.461 e. The van der Waals surface area contributed by atoms with Crippen molar-refractivity contribution < 1.29 is 17.9 Å². The molecule has 7 nitrogen and oxygen atoms in total. The first kappa shape index (κ1) is 15.2. The predicted octanol–water partition coefficient (Wildman–Crippen LogP) is 1.24. The van der Waals surface area contributed by atoms with Gasteiger partial charge in [0.05, 0.1) is 30.4 Å². The third-order valence-electron chi connectivity index (χ3n) is 2.78. The molecule has 0 amide bonds. The second kappa shape index (κ2) is 6.04. The zero-order chi connectivity index (χ0) is 15.5. The van der Waals surface area contributed by atoms with E-state index in [9.17, 15) is 13.2 Å². The summed E-state index contributed by atoms with van der Waals surface area (Å²) in [5, 5.41) is -0.193. The number of nitrogens with zero attached hydrogens (tertiary/aromatic N) is 3. The zero-order valence-corrected chi connectivity index (χ0v) is 12.5. The van der Waals surface area contributed by atoms with Gasteiger partial charge in [0, 0.05) is 6.20 Å². The van der Waals surface area contributed by atoms with E-state index in [0.717, 1.165) is 0 Å². The summed E-state index contributed by atoms with van der Waals surface area (Å²) in [6, 6.07) is 3.29. The Bertz CT molecular complexity index is 738. The minimum atomic E-state index is -3.59. The molecular weight excluding hydrogens is 294 g/mol. The molecule has 0 aliphatic carbocycles. The molecule has 0 atom stereocenters. The number of esters is 1. The molecule has 0 saturated carbocycles. The molecule has 0 aliphatic rings. The fourth-order valence-corrected chi connectivity index (χ4v) is 2.72. The maximum Gasteiger partial charge on any atom is 0.357 e. The van der Waals surface area contributed by atoms with E-state index in [2.05, 4.69) is 9.97 Å². The van der Waals surface area contributed by atoms with Crippen LogP contribution in [0.4, 0.5) is 0 Å². The van der Waals surface area contributed by atoms with Crippen LogP contribution in [0.1, 0.15) is 24.3 Å². The fourth-order valence-electron chi connectivity index (χ4n) is 1.77. The molecule has 8 heteroatoms. The van der Waals surface area contributed by atoms with Gasteiger partial charge in [-0.2, -0.15) is 0 Å². The first-order chi connectivity index (χ1) is 10.0. The average Bonchev–Trinajstić information content (AvgIpc) is 2.94. The molecule has 2 aromatic rings. The molecule has 0 spiro atoms.